The van der Waals surface area contributed by atoms with Crippen LogP contribution >= 0.6 is 11.8 Å². The third-order valence-electron chi connectivity index (χ3n) is 5.44. The average Bonchev–Trinajstić information content (AvgIpc) is 3.17. The number of imidazole rings is 1. The molecule has 4 rings (SSSR count). The number of thioether (sulfide) groups is 1. The van der Waals surface area contributed by atoms with Crippen LogP contribution in [-0.4, -0.2) is 40.5 Å². The van der Waals surface area contributed by atoms with E-state index in [2.05, 4.69) is 40.5 Å². The first-order valence-electron chi connectivity index (χ1n) is 9.44. The highest BCUT2D eigenvalue weighted by molar-refractivity contribution is 8.13. The third kappa shape index (κ3) is 2.53. The minimum Gasteiger partial charge on any atom is -0.482 e. The van der Waals surface area contributed by atoms with Crippen molar-refractivity contribution in [2.24, 2.45) is 0 Å². The predicted octanol–water partition coefficient (Wildman–Crippen LogP) is 4.12. The van der Waals surface area contributed by atoms with E-state index in [1.807, 2.05) is 19.1 Å². The quantitative estimate of drug-likeness (QED) is 0.548. The zero-order valence-electron chi connectivity index (χ0n) is 16.9. The van der Waals surface area contributed by atoms with Crippen LogP contribution in [-0.2, 0) is 14.3 Å². The van der Waals surface area contributed by atoms with Crippen molar-refractivity contribution in [3.63, 3.8) is 0 Å². The second-order valence-electron chi connectivity index (χ2n) is 7.22. The summed E-state index contributed by atoms with van der Waals surface area (Å²) in [6, 6.07) is 0. The molecule has 0 saturated carbocycles. The van der Waals surface area contributed by atoms with Gasteiger partial charge in [-0.05, 0) is 61.4 Å². The summed E-state index contributed by atoms with van der Waals surface area (Å²) in [5, 5.41) is 0.967. The maximum atomic E-state index is 12.4. The molecular formula is C21H25N3O3S. The van der Waals surface area contributed by atoms with E-state index in [-0.39, 0.29) is 11.2 Å². The molecule has 6 nitrogen and oxygen atoms in total. The number of allylic oxidation sites excluding steroid dienone is 2. The molecule has 2 unspecified atom stereocenters. The molecule has 148 valence electrons. The number of rotatable bonds is 5. The van der Waals surface area contributed by atoms with E-state index in [0.717, 1.165) is 34.2 Å². The molecule has 0 fully saturated rings. The van der Waals surface area contributed by atoms with Crippen LogP contribution in [0.3, 0.4) is 0 Å². The van der Waals surface area contributed by atoms with Gasteiger partial charge in [0.1, 0.15) is 16.7 Å². The first-order chi connectivity index (χ1) is 13.5. The molecule has 0 aromatic carbocycles. The summed E-state index contributed by atoms with van der Waals surface area (Å²) in [5.74, 6) is 1.47. The molecule has 1 spiro atoms. The Labute approximate surface area is 169 Å². The second-order valence-corrected chi connectivity index (χ2v) is 8.30. The summed E-state index contributed by atoms with van der Waals surface area (Å²) in [5.41, 5.74) is 2.77. The molecule has 0 saturated heterocycles. The van der Waals surface area contributed by atoms with Crippen LogP contribution in [0.25, 0.3) is 5.70 Å². The average molecular weight is 400 g/mol. The Balaban J connectivity index is 1.94. The van der Waals surface area contributed by atoms with Crippen LogP contribution < -0.4 is 4.90 Å². The molecule has 0 amide bonds. The van der Waals surface area contributed by atoms with Crippen LogP contribution in [0.4, 0.5) is 5.95 Å². The molecule has 0 bridgehead atoms. The van der Waals surface area contributed by atoms with Crippen molar-refractivity contribution >= 4 is 28.5 Å². The Kier molecular flexibility index (Phi) is 4.75. The molecule has 28 heavy (non-hydrogen) atoms. The molecule has 1 aliphatic carbocycles. The number of ether oxygens (including phenoxy) is 2. The van der Waals surface area contributed by atoms with Gasteiger partial charge in [-0.2, -0.15) is 0 Å². The van der Waals surface area contributed by atoms with E-state index in [0.29, 0.717) is 12.3 Å². The highest BCUT2D eigenvalue weighted by atomic mass is 32.2. The Morgan fingerprint density at radius 1 is 1.36 bits per heavy atom. The van der Waals surface area contributed by atoms with E-state index in [9.17, 15) is 4.79 Å². The number of nitrogens with zero attached hydrogens (tertiary/aromatic N) is 3. The highest BCUT2D eigenvalue weighted by Crippen LogP contribution is 2.53. The Morgan fingerprint density at radius 2 is 2.14 bits per heavy atom. The van der Waals surface area contributed by atoms with Crippen molar-refractivity contribution in [1.82, 2.24) is 9.55 Å². The van der Waals surface area contributed by atoms with Crippen molar-refractivity contribution in [3.05, 3.63) is 47.5 Å². The van der Waals surface area contributed by atoms with E-state index in [1.54, 1.807) is 20.4 Å². The van der Waals surface area contributed by atoms with Crippen LogP contribution in [0.5, 0.6) is 0 Å². The number of carbonyl (C=O) groups excluding carboxylic acids is 1. The van der Waals surface area contributed by atoms with E-state index in [4.69, 9.17) is 9.47 Å². The number of aromatic nitrogens is 2. The number of fused-ring (bicyclic) bond motifs is 3. The first-order valence-corrected chi connectivity index (χ1v) is 10.3. The SMILES string of the molecule is CCCC(=O)Sc1cnc2n1C1=C(C)C(OC)C(C)=CC13C=CC=C(OC)N23. The Morgan fingerprint density at radius 3 is 2.82 bits per heavy atom. The van der Waals surface area contributed by atoms with Gasteiger partial charge in [-0.1, -0.05) is 13.0 Å². The van der Waals surface area contributed by atoms with Crippen molar-refractivity contribution in [2.75, 3.05) is 19.1 Å². The smallest absolute Gasteiger partial charge is 0.219 e. The lowest BCUT2D eigenvalue weighted by Crippen LogP contribution is -2.47. The zero-order chi connectivity index (χ0) is 20.1. The fourth-order valence-corrected chi connectivity index (χ4v) is 5.37. The molecule has 1 aromatic heterocycles. The summed E-state index contributed by atoms with van der Waals surface area (Å²) in [7, 11) is 3.39. The van der Waals surface area contributed by atoms with Crippen molar-refractivity contribution in [3.8, 4) is 0 Å². The Bertz CT molecular complexity index is 956. The van der Waals surface area contributed by atoms with Gasteiger partial charge in [0.15, 0.2) is 11.0 Å². The number of anilines is 1. The van der Waals surface area contributed by atoms with Gasteiger partial charge in [0.2, 0.25) is 5.95 Å². The van der Waals surface area contributed by atoms with Crippen LogP contribution in [0.1, 0.15) is 33.6 Å². The molecule has 0 radical (unpaired) electrons. The van der Waals surface area contributed by atoms with E-state index in [1.165, 1.54) is 11.8 Å². The maximum absolute atomic E-state index is 12.4. The lowest BCUT2D eigenvalue weighted by molar-refractivity contribution is -0.111. The largest absolute Gasteiger partial charge is 0.482 e. The summed E-state index contributed by atoms with van der Waals surface area (Å²) >= 11 is 1.25. The number of hydrogen-bond donors (Lipinski definition) is 0. The zero-order valence-corrected chi connectivity index (χ0v) is 17.7. The third-order valence-corrected chi connectivity index (χ3v) is 6.37. The monoisotopic (exact) mass is 399 g/mol. The van der Waals surface area contributed by atoms with Crippen molar-refractivity contribution in [2.45, 2.75) is 50.3 Å². The van der Waals surface area contributed by atoms with Crippen molar-refractivity contribution < 1.29 is 14.3 Å². The van der Waals surface area contributed by atoms with Gasteiger partial charge in [-0.25, -0.2) is 4.98 Å². The summed E-state index contributed by atoms with van der Waals surface area (Å²) < 4.78 is 13.6. The van der Waals surface area contributed by atoms with E-state index < -0.39 is 5.54 Å². The number of carbonyl (C=O) groups is 1. The van der Waals surface area contributed by atoms with Crippen LogP contribution in [0.15, 0.2) is 52.6 Å². The Hall–Kier alpha value is -2.25. The molecule has 7 heteroatoms. The normalized spacial score (nSPS) is 25.2. The fraction of sp³-hybridized carbons (Fsp3) is 0.429. The highest BCUT2D eigenvalue weighted by Gasteiger charge is 2.53. The molecule has 3 aliphatic rings. The lowest BCUT2D eigenvalue weighted by Gasteiger charge is -2.41. The summed E-state index contributed by atoms with van der Waals surface area (Å²) in [6.45, 7) is 6.19. The standard InChI is InChI=1S/C21H25N3O3S/c1-6-8-17(25)28-16-12-22-20-23(16)19-14(3)18(27-5)13(2)11-21(19)10-7-9-15(26-4)24(20)21/h7,9-12,18H,6,8H2,1-5H3. The summed E-state index contributed by atoms with van der Waals surface area (Å²) in [6.07, 6.45) is 11.4. The molecule has 3 heterocycles. The van der Waals surface area contributed by atoms with Crippen molar-refractivity contribution in [1.29, 1.82) is 0 Å². The topological polar surface area (TPSA) is 56.6 Å². The van der Waals surface area contributed by atoms with Gasteiger partial charge in [0.05, 0.1) is 19.0 Å². The molecular weight excluding hydrogens is 374 g/mol. The molecule has 0 N–H and O–H groups in total. The van der Waals surface area contributed by atoms with Gasteiger partial charge in [-0.3, -0.25) is 14.3 Å². The van der Waals surface area contributed by atoms with Gasteiger partial charge in [-0.15, -0.1) is 0 Å². The molecule has 1 aromatic rings. The summed E-state index contributed by atoms with van der Waals surface area (Å²) in [4.78, 5) is 19.1. The van der Waals surface area contributed by atoms with Gasteiger partial charge < -0.3 is 9.47 Å². The first kappa shape index (κ1) is 19.1. The predicted molar refractivity (Wildman–Crippen MR) is 111 cm³/mol. The van der Waals surface area contributed by atoms with Gasteiger partial charge in [0, 0.05) is 13.5 Å². The lowest BCUT2D eigenvalue weighted by atomic mass is 9.80. The van der Waals surface area contributed by atoms with Gasteiger partial charge >= 0.3 is 0 Å². The fourth-order valence-electron chi connectivity index (χ4n) is 4.46. The maximum Gasteiger partial charge on any atom is 0.219 e. The number of hydrogen-bond acceptors (Lipinski definition) is 6. The van der Waals surface area contributed by atoms with Crippen LogP contribution in [0, 0.1) is 0 Å². The van der Waals surface area contributed by atoms with E-state index >= 15 is 0 Å². The minimum atomic E-state index is -0.532. The van der Waals surface area contributed by atoms with Crippen LogP contribution in [0.2, 0.25) is 0 Å². The molecule has 2 atom stereocenters. The molecule has 2 aliphatic heterocycles. The minimum absolute atomic E-state index is 0.106. The second kappa shape index (κ2) is 6.97. The number of methoxy groups -OCH3 is 2. The van der Waals surface area contributed by atoms with Gasteiger partial charge in [0.25, 0.3) is 0 Å².